The van der Waals surface area contributed by atoms with Gasteiger partial charge in [-0.15, -0.1) is 0 Å². The SMILES string of the molecule is CCO[Si](OCC)(OCC)/C(C)=N/c1ccccc1. The quantitative estimate of drug-likeness (QED) is 0.542. The van der Waals surface area contributed by atoms with Crippen LogP contribution in [0.25, 0.3) is 0 Å². The van der Waals surface area contributed by atoms with Crippen LogP contribution in [-0.4, -0.2) is 34.0 Å². The van der Waals surface area contributed by atoms with Crippen LogP contribution in [-0.2, 0) is 13.3 Å². The number of hydrogen-bond acceptors (Lipinski definition) is 4. The Bertz CT molecular complexity index is 378. The molecule has 0 fully saturated rings. The van der Waals surface area contributed by atoms with Crippen LogP contribution in [0.15, 0.2) is 35.3 Å². The van der Waals surface area contributed by atoms with Crippen LogP contribution in [0.1, 0.15) is 27.7 Å². The highest BCUT2D eigenvalue weighted by Crippen LogP contribution is 2.18. The van der Waals surface area contributed by atoms with E-state index in [1.807, 2.05) is 58.0 Å². The van der Waals surface area contributed by atoms with Gasteiger partial charge in [0.1, 0.15) is 0 Å². The Balaban J connectivity index is 3.04. The molecule has 0 bridgehead atoms. The molecule has 0 spiro atoms. The van der Waals surface area contributed by atoms with Crippen LogP contribution in [0.4, 0.5) is 5.69 Å². The molecule has 0 heterocycles. The van der Waals surface area contributed by atoms with Crippen LogP contribution < -0.4 is 0 Å². The molecule has 0 radical (unpaired) electrons. The Morgan fingerprint density at radius 3 is 1.84 bits per heavy atom. The van der Waals surface area contributed by atoms with Crippen molar-refractivity contribution in [3.63, 3.8) is 0 Å². The molecule has 0 amide bonds. The van der Waals surface area contributed by atoms with Gasteiger partial charge < -0.3 is 13.3 Å². The third-order valence-electron chi connectivity index (χ3n) is 2.50. The van der Waals surface area contributed by atoms with E-state index in [2.05, 4.69) is 4.99 Å². The summed E-state index contributed by atoms with van der Waals surface area (Å²) >= 11 is 0. The van der Waals surface area contributed by atoms with Gasteiger partial charge in [0.15, 0.2) is 0 Å². The lowest BCUT2D eigenvalue weighted by Gasteiger charge is -2.28. The van der Waals surface area contributed by atoms with Crippen LogP contribution in [0.2, 0.25) is 0 Å². The first-order valence-corrected chi connectivity index (χ1v) is 8.43. The summed E-state index contributed by atoms with van der Waals surface area (Å²) in [5, 5.41) is 0.796. The van der Waals surface area contributed by atoms with Gasteiger partial charge in [-0.25, -0.2) is 0 Å². The topological polar surface area (TPSA) is 40.0 Å². The first-order chi connectivity index (χ1) is 9.18. The zero-order valence-electron chi connectivity index (χ0n) is 12.2. The number of nitrogens with zero attached hydrogens (tertiary/aromatic N) is 1. The van der Waals surface area contributed by atoms with Gasteiger partial charge >= 0.3 is 8.80 Å². The van der Waals surface area contributed by atoms with E-state index in [1.165, 1.54) is 0 Å². The largest absolute Gasteiger partial charge is 0.551 e. The molecule has 0 aliphatic carbocycles. The molecule has 1 aromatic carbocycles. The van der Waals surface area contributed by atoms with E-state index in [-0.39, 0.29) is 0 Å². The minimum atomic E-state index is -2.83. The lowest BCUT2D eigenvalue weighted by Crippen LogP contribution is -2.53. The number of hydrogen-bond donors (Lipinski definition) is 0. The lowest BCUT2D eigenvalue weighted by atomic mass is 10.3. The molecule has 0 N–H and O–H groups in total. The van der Waals surface area contributed by atoms with Crippen molar-refractivity contribution in [2.45, 2.75) is 27.7 Å². The van der Waals surface area contributed by atoms with Gasteiger partial charge in [-0.2, -0.15) is 0 Å². The predicted molar refractivity (Wildman–Crippen MR) is 79.8 cm³/mol. The molecule has 1 aromatic rings. The molecular formula is C14H23NO3Si. The third-order valence-corrected chi connectivity index (χ3v) is 5.50. The maximum Gasteiger partial charge on any atom is 0.551 e. The fraction of sp³-hybridized carbons (Fsp3) is 0.500. The lowest BCUT2D eigenvalue weighted by molar-refractivity contribution is 0.0897. The van der Waals surface area contributed by atoms with Crippen molar-refractivity contribution in [3.05, 3.63) is 30.3 Å². The maximum absolute atomic E-state index is 5.81. The molecule has 106 valence electrons. The monoisotopic (exact) mass is 281 g/mol. The van der Waals surface area contributed by atoms with Gasteiger partial charge in [0.05, 0.1) is 11.0 Å². The van der Waals surface area contributed by atoms with Crippen molar-refractivity contribution in [2.24, 2.45) is 4.99 Å². The van der Waals surface area contributed by atoms with E-state index in [0.717, 1.165) is 11.0 Å². The standard InChI is InChI=1S/C14H23NO3Si/c1-5-16-19(17-6-2,18-7-3)13(4)15-14-11-9-8-10-12-14/h8-12H,5-7H2,1-4H3/b15-13+. The zero-order valence-corrected chi connectivity index (χ0v) is 13.2. The van der Waals surface area contributed by atoms with Crippen molar-refractivity contribution >= 4 is 19.8 Å². The summed E-state index contributed by atoms with van der Waals surface area (Å²) in [6, 6.07) is 9.78. The molecule has 0 aliphatic heterocycles. The minimum absolute atomic E-state index is 0.549. The van der Waals surface area contributed by atoms with Crippen molar-refractivity contribution in [2.75, 3.05) is 19.8 Å². The van der Waals surface area contributed by atoms with E-state index >= 15 is 0 Å². The van der Waals surface area contributed by atoms with Crippen LogP contribution in [0, 0.1) is 0 Å². The van der Waals surface area contributed by atoms with E-state index < -0.39 is 8.80 Å². The predicted octanol–water partition coefficient (Wildman–Crippen LogP) is 3.37. The Labute approximate surface area is 116 Å². The second-order valence-electron chi connectivity index (χ2n) is 3.89. The van der Waals surface area contributed by atoms with Gasteiger partial charge in [-0.05, 0) is 39.8 Å². The van der Waals surface area contributed by atoms with Crippen LogP contribution in [0.5, 0.6) is 0 Å². The Morgan fingerprint density at radius 1 is 0.947 bits per heavy atom. The van der Waals surface area contributed by atoms with Crippen LogP contribution >= 0.6 is 0 Å². The highest BCUT2D eigenvalue weighted by molar-refractivity contribution is 6.93. The summed E-state index contributed by atoms with van der Waals surface area (Å²) in [5.74, 6) is 0. The summed E-state index contributed by atoms with van der Waals surface area (Å²) in [6.45, 7) is 9.39. The van der Waals surface area contributed by atoms with Gasteiger partial charge in [0.25, 0.3) is 0 Å². The summed E-state index contributed by atoms with van der Waals surface area (Å²) in [5.41, 5.74) is 0.885. The Hall–Kier alpha value is -1.01. The van der Waals surface area contributed by atoms with Gasteiger partial charge in [-0.1, -0.05) is 18.2 Å². The molecule has 5 heteroatoms. The number of rotatable bonds is 8. The average molecular weight is 281 g/mol. The van der Waals surface area contributed by atoms with E-state index in [1.54, 1.807) is 0 Å². The molecule has 4 nitrogen and oxygen atoms in total. The van der Waals surface area contributed by atoms with Gasteiger partial charge in [0, 0.05) is 19.8 Å². The Morgan fingerprint density at radius 2 is 1.42 bits per heavy atom. The average Bonchev–Trinajstić information content (AvgIpc) is 2.40. The third kappa shape index (κ3) is 4.54. The first kappa shape index (κ1) is 16.0. The molecule has 0 atom stereocenters. The molecule has 0 saturated carbocycles. The molecule has 1 rings (SSSR count). The summed E-state index contributed by atoms with van der Waals surface area (Å²) in [7, 11) is -2.83. The number of aliphatic imine (C=N–C) groups is 1. The zero-order chi connectivity index (χ0) is 14.1. The highest BCUT2D eigenvalue weighted by atomic mass is 28.4. The normalized spacial score (nSPS) is 12.7. The molecule has 0 aromatic heterocycles. The minimum Gasteiger partial charge on any atom is -0.370 e. The molecule has 0 aliphatic rings. The van der Waals surface area contributed by atoms with Crippen molar-refractivity contribution in [1.29, 1.82) is 0 Å². The fourth-order valence-corrected chi connectivity index (χ4v) is 4.06. The number of para-hydroxylation sites is 1. The summed E-state index contributed by atoms with van der Waals surface area (Å²) in [4.78, 5) is 4.59. The molecule has 19 heavy (non-hydrogen) atoms. The molecular weight excluding hydrogens is 258 g/mol. The fourth-order valence-electron chi connectivity index (χ4n) is 1.77. The smallest absolute Gasteiger partial charge is 0.370 e. The second kappa shape index (κ2) is 8.22. The van der Waals surface area contributed by atoms with E-state index in [4.69, 9.17) is 13.3 Å². The van der Waals surface area contributed by atoms with E-state index in [0.29, 0.717) is 19.8 Å². The summed E-state index contributed by atoms with van der Waals surface area (Å²) < 4.78 is 17.4. The Kier molecular flexibility index (Phi) is 6.94. The maximum atomic E-state index is 5.81. The summed E-state index contributed by atoms with van der Waals surface area (Å²) in [6.07, 6.45) is 0. The second-order valence-corrected chi connectivity index (χ2v) is 6.59. The number of benzene rings is 1. The van der Waals surface area contributed by atoms with E-state index in [9.17, 15) is 0 Å². The first-order valence-electron chi connectivity index (χ1n) is 6.71. The van der Waals surface area contributed by atoms with Gasteiger partial charge in [-0.3, -0.25) is 4.99 Å². The van der Waals surface area contributed by atoms with Crippen molar-refractivity contribution in [1.82, 2.24) is 0 Å². The van der Waals surface area contributed by atoms with Gasteiger partial charge in [0.2, 0.25) is 0 Å². The highest BCUT2D eigenvalue weighted by Gasteiger charge is 2.44. The van der Waals surface area contributed by atoms with Crippen molar-refractivity contribution < 1.29 is 13.3 Å². The molecule has 0 saturated heterocycles. The van der Waals surface area contributed by atoms with Crippen molar-refractivity contribution in [3.8, 4) is 0 Å². The molecule has 0 unspecified atom stereocenters. The van der Waals surface area contributed by atoms with Crippen LogP contribution in [0.3, 0.4) is 0 Å².